The summed E-state index contributed by atoms with van der Waals surface area (Å²) >= 11 is 43.3. The molecule has 0 radical (unpaired) electrons. The highest BCUT2D eigenvalue weighted by atomic mass is 79.9. The lowest BCUT2D eigenvalue weighted by atomic mass is 9.77. The van der Waals surface area contributed by atoms with Crippen molar-refractivity contribution in [2.45, 2.75) is 173 Å². The molecule has 0 aliphatic carbocycles. The minimum absolute atomic E-state index is 0. The van der Waals surface area contributed by atoms with E-state index in [0.29, 0.717) is 55.1 Å². The molecule has 0 amide bonds. The van der Waals surface area contributed by atoms with Crippen LogP contribution in [-0.4, -0.2) is 92.2 Å². The summed E-state index contributed by atoms with van der Waals surface area (Å²) in [4.78, 5) is 22.5. The van der Waals surface area contributed by atoms with Crippen molar-refractivity contribution in [3.63, 3.8) is 0 Å². The first-order valence-corrected chi connectivity index (χ1v) is 41.8. The van der Waals surface area contributed by atoms with Gasteiger partial charge < -0.3 is 34.4 Å². The van der Waals surface area contributed by atoms with E-state index in [1.54, 1.807) is 43.0 Å². The third-order valence-corrected chi connectivity index (χ3v) is 24.5. The zero-order chi connectivity index (χ0) is 80.3. The zero-order valence-corrected chi connectivity index (χ0v) is 73.3. The maximum Gasteiger partial charge on any atom is 0.495 e. The topological polar surface area (TPSA) is 161 Å². The van der Waals surface area contributed by atoms with Crippen LogP contribution in [0.25, 0.3) is 50.1 Å². The average molecular weight is 1840 g/mol. The van der Waals surface area contributed by atoms with Gasteiger partial charge in [-0.25, -0.2) is 37.8 Å². The second kappa shape index (κ2) is 39.2. The van der Waals surface area contributed by atoms with Crippen LogP contribution in [0.3, 0.4) is 0 Å². The summed E-state index contributed by atoms with van der Waals surface area (Å²) in [5, 5.41) is 22.5. The number of hydrogen-bond donors (Lipinski definition) is 3. The number of nitrogens with one attached hydrogen (secondary N) is 3. The normalized spacial score (nSPS) is 14.3. The molecule has 29 heteroatoms. The second-order valence-corrected chi connectivity index (χ2v) is 32.8. The summed E-state index contributed by atoms with van der Waals surface area (Å²) in [6.07, 6.45) is 16.3. The number of fused-ring (bicyclic) bond motifs is 5. The zero-order valence-electron chi connectivity index (χ0n) is 64.8. The van der Waals surface area contributed by atoms with Crippen LogP contribution < -0.4 is 20.6 Å². The largest absolute Gasteiger partial charge is 0.495 e. The Morgan fingerprint density at radius 2 is 0.879 bits per heavy atom. The molecule has 3 N–H and O–H groups in total. The van der Waals surface area contributed by atoms with Crippen molar-refractivity contribution in [1.29, 1.82) is 0 Å². The van der Waals surface area contributed by atoms with Crippen molar-refractivity contribution in [3.8, 4) is 28.3 Å². The second-order valence-electron chi connectivity index (χ2n) is 28.8. The number of para-hydroxylation sites is 3. The van der Waals surface area contributed by atoms with Crippen LogP contribution >= 0.6 is 114 Å². The van der Waals surface area contributed by atoms with Gasteiger partial charge in [-0.05, 0) is 185 Å². The minimum Gasteiger partial charge on any atom is -0.399 e. The van der Waals surface area contributed by atoms with E-state index in [1.807, 2.05) is 45.9 Å². The predicted molar refractivity (Wildman–Crippen MR) is 482 cm³/mol. The van der Waals surface area contributed by atoms with Gasteiger partial charge in [0.05, 0.1) is 92.2 Å². The summed E-state index contributed by atoms with van der Waals surface area (Å²) in [5.74, 6) is 0.232. The monoisotopic (exact) mass is 1840 g/mol. The number of H-pyrrole nitrogens is 2. The molecule has 1 saturated heterocycles. The lowest BCUT2D eigenvalue weighted by molar-refractivity contribution is 0.00578. The molecule has 4 aliphatic rings. The van der Waals surface area contributed by atoms with E-state index in [1.165, 1.54) is 86.0 Å². The van der Waals surface area contributed by atoms with Crippen molar-refractivity contribution in [2.75, 3.05) is 29.4 Å². The van der Waals surface area contributed by atoms with Gasteiger partial charge in [0.1, 0.15) is 32.5 Å². The molecule has 0 atom stereocenters. The Kier molecular flexibility index (Phi) is 30.7. The molecule has 4 aliphatic heterocycles. The van der Waals surface area contributed by atoms with E-state index in [4.69, 9.17) is 94.2 Å². The van der Waals surface area contributed by atoms with Gasteiger partial charge in [-0.15, -0.1) is 12.4 Å². The number of nitrogens with zero attached hydrogens (tertiary/aromatic N) is 11. The van der Waals surface area contributed by atoms with E-state index in [9.17, 15) is 13.2 Å². The first-order valence-electron chi connectivity index (χ1n) is 37.9. The van der Waals surface area contributed by atoms with E-state index < -0.39 is 24.3 Å². The summed E-state index contributed by atoms with van der Waals surface area (Å²) in [6, 6.07) is 34.6. The number of benzene rings is 5. The highest BCUT2D eigenvalue weighted by molar-refractivity contribution is 9.10. The Bertz CT molecular complexity index is 5570. The smallest absolute Gasteiger partial charge is 0.399 e. The van der Waals surface area contributed by atoms with E-state index in [2.05, 4.69) is 182 Å². The van der Waals surface area contributed by atoms with Crippen molar-refractivity contribution in [1.82, 2.24) is 59.6 Å². The molecular formula is C87H95BBr2Cl7F3N14O2. The molecule has 0 bridgehead atoms. The fourth-order valence-corrected chi connectivity index (χ4v) is 17.5. The molecule has 5 aromatic carbocycles. The molecule has 0 saturated carbocycles. The number of hydrogen-bond acceptors (Lipinski definition) is 11. The van der Waals surface area contributed by atoms with Gasteiger partial charge in [-0.2, -0.15) is 19.7 Å². The van der Waals surface area contributed by atoms with Gasteiger partial charge >= 0.3 is 7.12 Å². The van der Waals surface area contributed by atoms with Gasteiger partial charge in [0, 0.05) is 123 Å². The Hall–Kier alpha value is -7.42. The fourth-order valence-electron chi connectivity index (χ4n) is 14.9. The SMILES string of the molecule is C.C.CC1(C)OB(c2ccc(F)c3[nH]ccc23)OC1(C)C.CCc1cccc(CC)c1-n1nc2c(c1-c1ccc(F)c3[nH]ccc13)CN(c1ncc(Cl)cc1Cl)CC2.CCc1cccc(CC)c1-n1nc2c(c1Br)CN(c1ncc(Cl)cc1Cl)CC2.CCc1cccc(CC)c1-n1nc2c(c1Br)CNCC2.Cl.Fc1ncc(Cl)cc1Cl. The Labute approximate surface area is 730 Å². The molecule has 13 aromatic rings. The summed E-state index contributed by atoms with van der Waals surface area (Å²) < 4.78 is 61.0. The van der Waals surface area contributed by atoms with Gasteiger partial charge in [-0.1, -0.05) is 187 Å². The lowest BCUT2D eigenvalue weighted by Crippen LogP contribution is -2.41. The minimum atomic E-state index is -0.693. The molecule has 116 heavy (non-hydrogen) atoms. The predicted octanol–water partition coefficient (Wildman–Crippen LogP) is 23.8. The lowest BCUT2D eigenvalue weighted by Gasteiger charge is -2.32. The van der Waals surface area contributed by atoms with Crippen molar-refractivity contribution in [3.05, 3.63) is 264 Å². The first-order chi connectivity index (χ1) is 54.3. The van der Waals surface area contributed by atoms with Crippen LogP contribution in [0.1, 0.15) is 151 Å². The highest BCUT2D eigenvalue weighted by Gasteiger charge is 2.52. The van der Waals surface area contributed by atoms with Crippen LogP contribution in [0.4, 0.5) is 24.8 Å². The van der Waals surface area contributed by atoms with Gasteiger partial charge in [0.2, 0.25) is 5.95 Å². The number of aromatic nitrogens is 11. The van der Waals surface area contributed by atoms with Crippen molar-refractivity contribution in [2.24, 2.45) is 0 Å². The number of aromatic amines is 2. The fraction of sp³-hybridized carbons (Fsp3) is 0.333. The van der Waals surface area contributed by atoms with Crippen LogP contribution in [0.5, 0.6) is 0 Å². The standard InChI is InChI=1S/C29H26Cl2FN5.C21H21BrCl2N4.C16H20BrN3.C14H17BFNO2.C5H2Cl2FN.2CH4.ClH/c1-3-17-6-5-7-18(4-2)27(17)37-28(21-8-9-24(32)26-20(21)10-12-33-26)22-16-36(13-11-25(22)35-37)29-23(31)14-19(30)15-34-29;1-3-13-6-5-7-14(4-2)19(13)28-20(22)16-12-27(9-8-18(16)26-28)21-17(24)10-15(23)11-25-21;1-3-11-6-5-7-12(4-2)15(11)20-16(17)13-10-18-9-8-14(13)19-20;1-13(2)14(3,4)19-15(18-13)10-5-6-11(16)12-9(10)7-8-17-12;6-3-1-4(7)5(8)9-2-3;;;/h5-10,12,14-15,33H,3-4,11,13,16H2,1-2H3;5-7,10-11H,3-4,8-9,12H2,1-2H3;5-7,18H,3-4,8-10H2,1-2H3;5-8,17H,1-4H3;1-2H;2*1H4;1H. The van der Waals surface area contributed by atoms with Crippen LogP contribution in [0.15, 0.2) is 149 Å². The summed E-state index contributed by atoms with van der Waals surface area (Å²) in [5.41, 5.74) is 21.3. The van der Waals surface area contributed by atoms with Crippen LogP contribution in [0, 0.1) is 17.6 Å². The number of rotatable bonds is 13. The van der Waals surface area contributed by atoms with Crippen LogP contribution in [-0.2, 0) is 86.7 Å². The maximum atomic E-state index is 14.7. The molecule has 0 spiro atoms. The van der Waals surface area contributed by atoms with Gasteiger partial charge in [-0.3, -0.25) is 0 Å². The Balaban J connectivity index is 0.000000161. The first kappa shape index (κ1) is 90.9. The summed E-state index contributed by atoms with van der Waals surface area (Å²) in [7, 11) is -0.469. The molecule has 0 unspecified atom stereocenters. The molecular weight excluding hydrogens is 1750 g/mol. The van der Waals surface area contributed by atoms with Gasteiger partial charge in [0.25, 0.3) is 0 Å². The average Bonchev–Trinajstić information content (AvgIpc) is 1.59. The van der Waals surface area contributed by atoms with Crippen LogP contribution in [0.2, 0.25) is 30.1 Å². The van der Waals surface area contributed by atoms with E-state index in [0.717, 1.165) is 149 Å². The number of anilines is 2. The number of pyridine rings is 3. The van der Waals surface area contributed by atoms with Gasteiger partial charge in [0.15, 0.2) is 0 Å². The highest BCUT2D eigenvalue weighted by Crippen LogP contribution is 2.43. The number of halogens is 12. The maximum absolute atomic E-state index is 14.7. The Morgan fingerprint density at radius 3 is 1.33 bits per heavy atom. The van der Waals surface area contributed by atoms with Crippen molar-refractivity contribution < 1.29 is 22.5 Å². The van der Waals surface area contributed by atoms with Crippen molar-refractivity contribution >= 4 is 160 Å². The van der Waals surface area contributed by atoms with E-state index in [-0.39, 0.29) is 43.9 Å². The molecule has 16 nitrogen and oxygen atoms in total. The molecule has 17 rings (SSSR count). The third-order valence-electron chi connectivity index (χ3n) is 21.5. The number of aryl methyl sites for hydroxylation is 6. The van der Waals surface area contributed by atoms with E-state index >= 15 is 0 Å². The molecule has 8 aromatic heterocycles. The molecule has 612 valence electrons. The quantitative estimate of drug-likeness (QED) is 0.0744. The third kappa shape index (κ3) is 18.8. The molecule has 12 heterocycles. The molecule has 1 fully saturated rings. The Morgan fingerprint density at radius 1 is 0.483 bits per heavy atom. The summed E-state index contributed by atoms with van der Waals surface area (Å²) in [6.45, 7) is 25.9.